The Labute approximate surface area is 152 Å². The molecule has 3 rings (SSSR count). The van der Waals surface area contributed by atoms with Crippen LogP contribution in [0.1, 0.15) is 39.2 Å². The topological polar surface area (TPSA) is 64.2 Å². The molecule has 1 N–H and O–H groups in total. The van der Waals surface area contributed by atoms with Crippen molar-refractivity contribution >= 4 is 22.7 Å². The number of nitrogens with one attached hydrogen (secondary N) is 1. The monoisotopic (exact) mass is 352 g/mol. The number of aromatic nitrogens is 1. The van der Waals surface area contributed by atoms with Crippen LogP contribution < -0.4 is 11.1 Å². The maximum absolute atomic E-state index is 12.1. The second-order valence-corrected chi connectivity index (χ2v) is 7.47. The van der Waals surface area contributed by atoms with Gasteiger partial charge in [0.05, 0.1) is 5.52 Å². The van der Waals surface area contributed by atoms with Crippen molar-refractivity contribution in [1.82, 2.24) is 4.57 Å². The first kappa shape index (κ1) is 18.0. The van der Waals surface area contributed by atoms with Crippen molar-refractivity contribution < 1.29 is 9.21 Å². The quantitative estimate of drug-likeness (QED) is 0.744. The number of fused-ring (bicyclic) bond motifs is 1. The highest BCUT2D eigenvalue weighted by Crippen LogP contribution is 2.23. The van der Waals surface area contributed by atoms with Crippen LogP contribution in [0.25, 0.3) is 11.1 Å². The summed E-state index contributed by atoms with van der Waals surface area (Å²) >= 11 is 0. The predicted octanol–water partition coefficient (Wildman–Crippen LogP) is 4.31. The SMILES string of the molecule is CC(C)(C)c1ccc(NC(=O)CCCn2c(=O)oc3ccccc32)cc1. The summed E-state index contributed by atoms with van der Waals surface area (Å²) in [5.74, 6) is -0.446. The zero-order valence-electron chi connectivity index (χ0n) is 15.4. The molecule has 0 fully saturated rings. The van der Waals surface area contributed by atoms with Crippen molar-refractivity contribution in [2.75, 3.05) is 5.32 Å². The Morgan fingerprint density at radius 3 is 2.46 bits per heavy atom. The van der Waals surface area contributed by atoms with Gasteiger partial charge in [0.25, 0.3) is 0 Å². The van der Waals surface area contributed by atoms with E-state index in [9.17, 15) is 9.59 Å². The molecule has 1 amide bonds. The molecule has 0 saturated heterocycles. The van der Waals surface area contributed by atoms with Crippen LogP contribution in [0.3, 0.4) is 0 Å². The third-order valence-electron chi connectivity index (χ3n) is 4.39. The van der Waals surface area contributed by atoms with Crippen LogP contribution in [0.4, 0.5) is 5.69 Å². The zero-order chi connectivity index (χ0) is 18.7. The third-order valence-corrected chi connectivity index (χ3v) is 4.39. The van der Waals surface area contributed by atoms with E-state index in [4.69, 9.17) is 4.42 Å². The average molecular weight is 352 g/mol. The molecule has 0 unspecified atom stereocenters. The number of amides is 1. The minimum Gasteiger partial charge on any atom is -0.408 e. The summed E-state index contributed by atoms with van der Waals surface area (Å²) in [6, 6.07) is 15.2. The molecule has 0 bridgehead atoms. The van der Waals surface area contributed by atoms with Crippen molar-refractivity contribution in [3.63, 3.8) is 0 Å². The highest BCUT2D eigenvalue weighted by Gasteiger charge is 2.13. The van der Waals surface area contributed by atoms with E-state index in [-0.39, 0.29) is 17.1 Å². The molecule has 1 aromatic heterocycles. The van der Waals surface area contributed by atoms with E-state index < -0.39 is 0 Å². The maximum Gasteiger partial charge on any atom is 0.419 e. The Kier molecular flexibility index (Phi) is 4.98. The number of carbonyl (C=O) groups is 1. The van der Waals surface area contributed by atoms with Gasteiger partial charge in [-0.1, -0.05) is 45.0 Å². The van der Waals surface area contributed by atoms with Gasteiger partial charge in [0.2, 0.25) is 5.91 Å². The molecule has 0 atom stereocenters. The van der Waals surface area contributed by atoms with Crippen LogP contribution in [0.5, 0.6) is 0 Å². The number of rotatable bonds is 5. The van der Waals surface area contributed by atoms with E-state index in [1.54, 1.807) is 10.6 Å². The number of hydrogen-bond acceptors (Lipinski definition) is 3. The summed E-state index contributed by atoms with van der Waals surface area (Å²) < 4.78 is 6.77. The number of para-hydroxylation sites is 2. The minimum atomic E-state index is -0.385. The standard InChI is InChI=1S/C21H24N2O3/c1-21(2,3)15-10-12-16(13-11-15)22-19(24)9-6-14-23-17-7-4-5-8-18(17)26-20(23)25/h4-5,7-8,10-13H,6,9,14H2,1-3H3,(H,22,24). The molecular weight excluding hydrogens is 328 g/mol. The van der Waals surface area contributed by atoms with E-state index in [1.165, 1.54) is 5.56 Å². The molecule has 0 saturated carbocycles. The van der Waals surface area contributed by atoms with Gasteiger partial charge in [0.15, 0.2) is 5.58 Å². The lowest BCUT2D eigenvalue weighted by molar-refractivity contribution is -0.116. The fourth-order valence-corrected chi connectivity index (χ4v) is 2.90. The van der Waals surface area contributed by atoms with Gasteiger partial charge in [0.1, 0.15) is 0 Å². The second-order valence-electron chi connectivity index (χ2n) is 7.47. The maximum atomic E-state index is 12.1. The highest BCUT2D eigenvalue weighted by atomic mass is 16.4. The van der Waals surface area contributed by atoms with Gasteiger partial charge in [-0.25, -0.2) is 4.79 Å². The molecular formula is C21H24N2O3. The van der Waals surface area contributed by atoms with Crippen LogP contribution in [0.15, 0.2) is 57.7 Å². The first-order chi connectivity index (χ1) is 12.3. The van der Waals surface area contributed by atoms with Crippen LogP contribution >= 0.6 is 0 Å². The van der Waals surface area contributed by atoms with Crippen molar-refractivity contribution in [2.45, 2.75) is 45.6 Å². The first-order valence-corrected chi connectivity index (χ1v) is 8.83. The summed E-state index contributed by atoms with van der Waals surface area (Å²) in [5.41, 5.74) is 3.43. The molecule has 3 aromatic rings. The van der Waals surface area contributed by atoms with Gasteiger partial charge in [-0.2, -0.15) is 0 Å². The molecule has 26 heavy (non-hydrogen) atoms. The van der Waals surface area contributed by atoms with Crippen LogP contribution in [-0.2, 0) is 16.8 Å². The molecule has 0 aliphatic carbocycles. The average Bonchev–Trinajstić information content (AvgIpc) is 2.90. The summed E-state index contributed by atoms with van der Waals surface area (Å²) in [7, 11) is 0. The summed E-state index contributed by atoms with van der Waals surface area (Å²) in [6.45, 7) is 6.92. The lowest BCUT2D eigenvalue weighted by atomic mass is 9.87. The van der Waals surface area contributed by atoms with Gasteiger partial charge >= 0.3 is 5.76 Å². The van der Waals surface area contributed by atoms with Gasteiger partial charge < -0.3 is 9.73 Å². The Bertz CT molecular complexity index is 959. The zero-order valence-corrected chi connectivity index (χ0v) is 15.4. The fourth-order valence-electron chi connectivity index (χ4n) is 2.90. The van der Waals surface area contributed by atoms with Crippen LogP contribution in [0.2, 0.25) is 0 Å². The molecule has 5 nitrogen and oxygen atoms in total. The fraction of sp³-hybridized carbons (Fsp3) is 0.333. The van der Waals surface area contributed by atoms with Gasteiger partial charge in [0, 0.05) is 18.7 Å². The number of aryl methyl sites for hydroxylation is 1. The number of anilines is 1. The Morgan fingerprint density at radius 2 is 1.77 bits per heavy atom. The van der Waals surface area contributed by atoms with Crippen molar-refractivity contribution in [2.24, 2.45) is 0 Å². The van der Waals surface area contributed by atoms with Gasteiger partial charge in [-0.05, 0) is 41.7 Å². The number of hydrogen-bond donors (Lipinski definition) is 1. The number of benzene rings is 2. The number of nitrogens with zero attached hydrogens (tertiary/aromatic N) is 1. The summed E-state index contributed by atoms with van der Waals surface area (Å²) in [4.78, 5) is 24.1. The van der Waals surface area contributed by atoms with E-state index in [1.807, 2.05) is 42.5 Å². The molecule has 2 aromatic carbocycles. The molecule has 0 radical (unpaired) electrons. The van der Waals surface area contributed by atoms with E-state index in [0.717, 1.165) is 11.2 Å². The van der Waals surface area contributed by atoms with E-state index >= 15 is 0 Å². The smallest absolute Gasteiger partial charge is 0.408 e. The molecule has 5 heteroatoms. The molecule has 0 aliphatic rings. The van der Waals surface area contributed by atoms with Crippen LogP contribution in [-0.4, -0.2) is 10.5 Å². The molecule has 136 valence electrons. The lowest BCUT2D eigenvalue weighted by Gasteiger charge is -2.19. The predicted molar refractivity (Wildman–Crippen MR) is 103 cm³/mol. The third kappa shape index (κ3) is 4.04. The summed E-state index contributed by atoms with van der Waals surface area (Å²) in [6.07, 6.45) is 0.905. The van der Waals surface area contributed by atoms with Gasteiger partial charge in [-0.15, -0.1) is 0 Å². The van der Waals surface area contributed by atoms with E-state index in [2.05, 4.69) is 26.1 Å². The number of carbonyl (C=O) groups excluding carboxylic acids is 1. The molecule has 1 heterocycles. The normalized spacial score (nSPS) is 11.7. The Balaban J connectivity index is 1.56. The minimum absolute atomic E-state index is 0.0608. The van der Waals surface area contributed by atoms with Crippen molar-refractivity contribution in [3.05, 3.63) is 64.6 Å². The second kappa shape index (κ2) is 7.20. The molecule has 0 spiro atoms. The highest BCUT2D eigenvalue weighted by molar-refractivity contribution is 5.90. The lowest BCUT2D eigenvalue weighted by Crippen LogP contribution is -2.17. The number of oxazole rings is 1. The Hall–Kier alpha value is -2.82. The van der Waals surface area contributed by atoms with Crippen molar-refractivity contribution in [3.8, 4) is 0 Å². The van der Waals surface area contributed by atoms with Crippen LogP contribution in [0, 0.1) is 0 Å². The Morgan fingerprint density at radius 1 is 1.08 bits per heavy atom. The first-order valence-electron chi connectivity index (χ1n) is 8.83. The van der Waals surface area contributed by atoms with Gasteiger partial charge in [-0.3, -0.25) is 9.36 Å². The largest absolute Gasteiger partial charge is 0.419 e. The summed E-state index contributed by atoms with van der Waals surface area (Å²) in [5, 5.41) is 2.90. The van der Waals surface area contributed by atoms with Crippen molar-refractivity contribution in [1.29, 1.82) is 0 Å². The molecule has 0 aliphatic heterocycles. The van der Waals surface area contributed by atoms with E-state index in [0.29, 0.717) is 25.0 Å².